The molecule has 132 valence electrons. The highest BCUT2D eigenvalue weighted by Gasteiger charge is 2.23. The summed E-state index contributed by atoms with van der Waals surface area (Å²) in [7, 11) is 0. The van der Waals surface area contributed by atoms with Crippen LogP contribution in [0.15, 0.2) is 48.5 Å². The van der Waals surface area contributed by atoms with E-state index in [4.69, 9.17) is 9.84 Å². The molecule has 0 aliphatic heterocycles. The monoisotopic (exact) mass is 345 g/mol. The summed E-state index contributed by atoms with van der Waals surface area (Å²) in [5.41, 5.74) is 1.61. The van der Waals surface area contributed by atoms with E-state index in [0.29, 0.717) is 0 Å². The third-order valence-electron chi connectivity index (χ3n) is 3.74. The first-order chi connectivity index (χ1) is 11.9. The Morgan fingerprint density at radius 3 is 2.56 bits per heavy atom. The molecular weight excluding hydrogens is 325 g/mol. The lowest BCUT2D eigenvalue weighted by Crippen LogP contribution is -2.39. The lowest BCUT2D eigenvalue weighted by Gasteiger charge is -2.22. The number of aliphatic carboxylic acids is 1. The van der Waals surface area contributed by atoms with Crippen LogP contribution in [0.2, 0.25) is 0 Å². The van der Waals surface area contributed by atoms with E-state index in [1.165, 1.54) is 25.1 Å². The third kappa shape index (κ3) is 5.31. The second-order valence-electron chi connectivity index (χ2n) is 5.73. The van der Waals surface area contributed by atoms with Gasteiger partial charge in [-0.3, -0.25) is 9.59 Å². The molecule has 0 aliphatic rings. The number of hydrogen-bond acceptors (Lipinski definition) is 3. The van der Waals surface area contributed by atoms with E-state index in [-0.39, 0.29) is 12.2 Å². The SMILES string of the molecule is Cc1ccccc1C(CC(=O)O)NC(=O)C(C)Oc1cccc(F)c1. The summed E-state index contributed by atoms with van der Waals surface area (Å²) in [6.45, 7) is 3.37. The molecule has 2 aromatic carbocycles. The largest absolute Gasteiger partial charge is 0.481 e. The number of amides is 1. The minimum atomic E-state index is -1.02. The third-order valence-corrected chi connectivity index (χ3v) is 3.74. The molecular formula is C19H20FNO4. The van der Waals surface area contributed by atoms with Crippen LogP contribution in [0.4, 0.5) is 4.39 Å². The molecule has 0 saturated carbocycles. The van der Waals surface area contributed by atoms with E-state index in [2.05, 4.69) is 5.32 Å². The second-order valence-corrected chi connectivity index (χ2v) is 5.73. The van der Waals surface area contributed by atoms with Crippen LogP contribution in [0.1, 0.15) is 30.5 Å². The van der Waals surface area contributed by atoms with Crippen molar-refractivity contribution in [1.29, 1.82) is 0 Å². The highest BCUT2D eigenvalue weighted by molar-refractivity contribution is 5.82. The zero-order chi connectivity index (χ0) is 18.4. The highest BCUT2D eigenvalue weighted by Crippen LogP contribution is 2.21. The van der Waals surface area contributed by atoms with Crippen molar-refractivity contribution in [3.05, 3.63) is 65.5 Å². The number of carboxylic acid groups (broad SMARTS) is 1. The van der Waals surface area contributed by atoms with Crippen molar-refractivity contribution in [1.82, 2.24) is 5.32 Å². The van der Waals surface area contributed by atoms with Crippen molar-refractivity contribution < 1.29 is 23.8 Å². The fourth-order valence-corrected chi connectivity index (χ4v) is 2.48. The van der Waals surface area contributed by atoms with E-state index in [1.54, 1.807) is 18.2 Å². The average Bonchev–Trinajstić information content (AvgIpc) is 2.54. The maximum atomic E-state index is 13.2. The molecule has 0 heterocycles. The first kappa shape index (κ1) is 18.4. The highest BCUT2D eigenvalue weighted by atomic mass is 19.1. The Bertz CT molecular complexity index is 763. The Labute approximate surface area is 145 Å². The number of hydrogen-bond donors (Lipinski definition) is 2. The van der Waals surface area contributed by atoms with Gasteiger partial charge in [-0.25, -0.2) is 4.39 Å². The molecule has 0 saturated heterocycles. The molecule has 25 heavy (non-hydrogen) atoms. The van der Waals surface area contributed by atoms with Gasteiger partial charge in [-0.2, -0.15) is 0 Å². The van der Waals surface area contributed by atoms with Gasteiger partial charge in [0.15, 0.2) is 6.10 Å². The summed E-state index contributed by atoms with van der Waals surface area (Å²) >= 11 is 0. The van der Waals surface area contributed by atoms with Gasteiger partial charge in [-0.05, 0) is 37.1 Å². The van der Waals surface area contributed by atoms with Crippen LogP contribution in [-0.4, -0.2) is 23.1 Å². The van der Waals surface area contributed by atoms with E-state index in [0.717, 1.165) is 11.1 Å². The number of nitrogens with one attached hydrogen (secondary N) is 1. The summed E-state index contributed by atoms with van der Waals surface area (Å²) in [5, 5.41) is 11.8. The standard InChI is InChI=1S/C19H20FNO4/c1-12-6-3-4-9-16(12)17(11-18(22)23)21-19(24)13(2)25-15-8-5-7-14(20)10-15/h3-10,13,17H,11H2,1-2H3,(H,21,24)(H,22,23). The Morgan fingerprint density at radius 2 is 1.92 bits per heavy atom. The van der Waals surface area contributed by atoms with Gasteiger partial charge in [0.25, 0.3) is 5.91 Å². The first-order valence-electron chi connectivity index (χ1n) is 7.86. The van der Waals surface area contributed by atoms with Crippen LogP contribution >= 0.6 is 0 Å². The summed E-state index contributed by atoms with van der Waals surface area (Å²) in [4.78, 5) is 23.5. The van der Waals surface area contributed by atoms with Crippen LogP contribution < -0.4 is 10.1 Å². The molecule has 2 aromatic rings. The molecule has 0 aliphatic carbocycles. The molecule has 0 bridgehead atoms. The minimum absolute atomic E-state index is 0.230. The maximum absolute atomic E-state index is 13.2. The number of rotatable bonds is 7. The molecule has 2 atom stereocenters. The quantitative estimate of drug-likeness (QED) is 0.808. The van der Waals surface area contributed by atoms with E-state index in [9.17, 15) is 14.0 Å². The number of carbonyl (C=O) groups excluding carboxylic acids is 1. The van der Waals surface area contributed by atoms with E-state index >= 15 is 0 Å². The molecule has 1 amide bonds. The normalized spacial score (nSPS) is 12.9. The molecule has 0 radical (unpaired) electrons. The van der Waals surface area contributed by atoms with Gasteiger partial charge in [0.1, 0.15) is 11.6 Å². The summed E-state index contributed by atoms with van der Waals surface area (Å²) in [6.07, 6.45) is -1.15. The van der Waals surface area contributed by atoms with Crippen molar-refractivity contribution in [3.63, 3.8) is 0 Å². The number of carbonyl (C=O) groups is 2. The molecule has 0 spiro atoms. The number of carboxylic acids is 1. The van der Waals surface area contributed by atoms with Crippen molar-refractivity contribution in [2.45, 2.75) is 32.4 Å². The number of aryl methyl sites for hydroxylation is 1. The smallest absolute Gasteiger partial charge is 0.305 e. The predicted octanol–water partition coefficient (Wildman–Crippen LogP) is 3.23. The van der Waals surface area contributed by atoms with Gasteiger partial charge >= 0.3 is 5.97 Å². The molecule has 0 fully saturated rings. The zero-order valence-corrected chi connectivity index (χ0v) is 14.0. The zero-order valence-electron chi connectivity index (χ0n) is 14.0. The van der Waals surface area contributed by atoms with Gasteiger partial charge < -0.3 is 15.2 Å². The molecule has 0 aromatic heterocycles. The summed E-state index contributed by atoms with van der Waals surface area (Å²) in [6, 6.07) is 12.1. The molecule has 5 nitrogen and oxygen atoms in total. The predicted molar refractivity (Wildman–Crippen MR) is 90.8 cm³/mol. The Balaban J connectivity index is 2.10. The van der Waals surface area contributed by atoms with Gasteiger partial charge in [-0.1, -0.05) is 30.3 Å². The van der Waals surface area contributed by atoms with Crippen molar-refractivity contribution in [2.24, 2.45) is 0 Å². The van der Waals surface area contributed by atoms with Crippen LogP contribution in [0.5, 0.6) is 5.75 Å². The first-order valence-corrected chi connectivity index (χ1v) is 7.86. The minimum Gasteiger partial charge on any atom is -0.481 e. The lowest BCUT2D eigenvalue weighted by atomic mass is 9.98. The Hall–Kier alpha value is -2.89. The Morgan fingerprint density at radius 1 is 1.20 bits per heavy atom. The van der Waals surface area contributed by atoms with Crippen LogP contribution in [0, 0.1) is 12.7 Å². The van der Waals surface area contributed by atoms with E-state index in [1.807, 2.05) is 19.1 Å². The molecule has 2 rings (SSSR count). The van der Waals surface area contributed by atoms with E-state index < -0.39 is 29.8 Å². The van der Waals surface area contributed by atoms with Crippen molar-refractivity contribution in [3.8, 4) is 5.75 Å². The molecule has 2 N–H and O–H groups in total. The van der Waals surface area contributed by atoms with Crippen molar-refractivity contribution >= 4 is 11.9 Å². The van der Waals surface area contributed by atoms with Gasteiger partial charge in [-0.15, -0.1) is 0 Å². The molecule has 6 heteroatoms. The van der Waals surface area contributed by atoms with Crippen LogP contribution in [0.3, 0.4) is 0 Å². The Kier molecular flexibility index (Phi) is 6.11. The topological polar surface area (TPSA) is 75.6 Å². The van der Waals surface area contributed by atoms with Gasteiger partial charge in [0, 0.05) is 6.07 Å². The number of ether oxygens (including phenoxy) is 1. The average molecular weight is 345 g/mol. The van der Waals surface area contributed by atoms with Gasteiger partial charge in [0.05, 0.1) is 12.5 Å². The maximum Gasteiger partial charge on any atom is 0.305 e. The molecule has 2 unspecified atom stereocenters. The fraction of sp³-hybridized carbons (Fsp3) is 0.263. The van der Waals surface area contributed by atoms with Crippen LogP contribution in [0.25, 0.3) is 0 Å². The lowest BCUT2D eigenvalue weighted by molar-refractivity contribution is -0.138. The number of benzene rings is 2. The summed E-state index contributed by atoms with van der Waals surface area (Å²) in [5.74, 6) is -1.73. The number of halogens is 1. The fourth-order valence-electron chi connectivity index (χ4n) is 2.48. The summed E-state index contributed by atoms with van der Waals surface area (Å²) < 4.78 is 18.6. The second kappa shape index (κ2) is 8.28. The van der Waals surface area contributed by atoms with Crippen molar-refractivity contribution in [2.75, 3.05) is 0 Å². The van der Waals surface area contributed by atoms with Crippen LogP contribution in [-0.2, 0) is 9.59 Å². The van der Waals surface area contributed by atoms with Gasteiger partial charge in [0.2, 0.25) is 0 Å².